The first-order valence-electron chi connectivity index (χ1n) is 30.4. The lowest BCUT2D eigenvalue weighted by atomic mass is 9.99. The molecule has 0 atom stereocenters. The zero-order chi connectivity index (χ0) is 72.7. The second kappa shape index (κ2) is 30.7. The molecule has 0 aliphatic heterocycles. The average molecular weight is 1300 g/mol. The van der Waals surface area contributed by atoms with Crippen molar-refractivity contribution in [1.82, 2.24) is 0 Å². The lowest BCUT2D eigenvalue weighted by molar-refractivity contribution is 0.143. The molecule has 9 N–H and O–H groups in total. The second-order valence-corrected chi connectivity index (χ2v) is 25.5. The van der Waals surface area contributed by atoms with Crippen molar-refractivity contribution in [2.45, 2.75) is 117 Å². The fourth-order valence-electron chi connectivity index (χ4n) is 8.27. The van der Waals surface area contributed by atoms with Gasteiger partial charge < -0.3 is 46.0 Å². The average Bonchev–Trinajstić information content (AvgIpc) is 0.787. The van der Waals surface area contributed by atoms with Gasteiger partial charge in [0.1, 0.15) is 50.9 Å². The number of phenols is 3. The predicted octanol–water partition coefficient (Wildman–Crippen LogP) is 10.6. The van der Waals surface area contributed by atoms with Crippen LogP contribution < -0.4 is 0 Å². The van der Waals surface area contributed by atoms with Crippen molar-refractivity contribution in [2.75, 3.05) is 0 Å². The van der Waals surface area contributed by atoms with Crippen LogP contribution in [0.15, 0.2) is 124 Å². The molecule has 0 bridgehead atoms. The standard InChI is InChI=1S/C84H66N6O9/c1-79(2,94)37-31-64-43-61(28-19-55-13-22-58(49-85)23-14-55)44-65(32-38-80(3,4)95)73(64)88-52-70-76(91)71(53-89-74-66(33-39-81(5,6)96)45-62(46-67(74)34-40-82(7,8)97)29-20-56-15-24-59(50-86)25-16-56)78(93)72(77(70)92)54-90-75-68(35-41-83(9,10)98)47-63(48-69(75)36-42-84(11,12)99)30-21-57-17-26-60(51-87)27-18-57/h13-18,22-27,43-48,52-54,91-99H,1-12H3. The number of benzene rings is 7. The topological polar surface area (TPSA) is 291 Å². The third-order valence-electron chi connectivity index (χ3n) is 12.9. The first kappa shape index (κ1) is 73.6. The summed E-state index contributed by atoms with van der Waals surface area (Å²) >= 11 is 0. The van der Waals surface area contributed by atoms with Crippen molar-refractivity contribution in [2.24, 2.45) is 15.0 Å². The largest absolute Gasteiger partial charge is 0.506 e. The van der Waals surface area contributed by atoms with Gasteiger partial charge in [-0.25, -0.2) is 0 Å². The summed E-state index contributed by atoms with van der Waals surface area (Å²) in [6.45, 7) is 17.6. The van der Waals surface area contributed by atoms with Crippen LogP contribution in [0.4, 0.5) is 17.1 Å². The van der Waals surface area contributed by atoms with Crippen LogP contribution in [0.1, 0.15) is 183 Å². The number of hydrogen-bond donors (Lipinski definition) is 9. The van der Waals surface area contributed by atoms with Gasteiger partial charge in [0, 0.05) is 52.0 Å². The van der Waals surface area contributed by atoms with Crippen LogP contribution in [0.2, 0.25) is 0 Å². The van der Waals surface area contributed by atoms with E-state index in [1.807, 2.05) is 0 Å². The van der Waals surface area contributed by atoms with Gasteiger partial charge >= 0.3 is 0 Å². The normalized spacial score (nSPS) is 11.2. The first-order chi connectivity index (χ1) is 46.3. The Morgan fingerprint density at radius 3 is 0.586 bits per heavy atom. The molecule has 0 saturated carbocycles. The fourth-order valence-corrected chi connectivity index (χ4v) is 8.27. The van der Waals surface area contributed by atoms with Gasteiger partial charge in [0.05, 0.1) is 102 Å². The Balaban J connectivity index is 1.60. The first-order valence-corrected chi connectivity index (χ1v) is 30.4. The van der Waals surface area contributed by atoms with Crippen LogP contribution in [0.25, 0.3) is 0 Å². The number of rotatable bonds is 6. The minimum absolute atomic E-state index is 0.00423. The van der Waals surface area contributed by atoms with E-state index in [1.165, 1.54) is 83.1 Å². The molecule has 7 aromatic carbocycles. The number of aromatic hydroxyl groups is 3. The maximum absolute atomic E-state index is 12.6. The summed E-state index contributed by atoms with van der Waals surface area (Å²) in [5.41, 5.74) is -5.82. The molecule has 486 valence electrons. The smallest absolute Gasteiger partial charge is 0.140 e. The molecular formula is C84H66N6O9. The Kier molecular flexibility index (Phi) is 22.9. The SMILES string of the molecule is CC(C)(O)C#Cc1cc(C#Cc2ccc(C#N)cc2)cc(C#CC(C)(C)O)c1N=Cc1c(O)c(C=Nc2c(C#CC(C)(C)O)cc(C#Cc3ccc(C#N)cc3)cc2C#CC(C)(C)O)c(O)c(C=Nc2c(C#CC(C)(C)O)cc(C#Cc3ccc(C#N)cc3)cc2C#CC(C)(C)O)c1O. The molecule has 0 aromatic heterocycles. The monoisotopic (exact) mass is 1300 g/mol. The van der Waals surface area contributed by atoms with Gasteiger partial charge in [-0.15, -0.1) is 0 Å². The number of nitrogens with zero attached hydrogens (tertiary/aromatic N) is 6. The molecule has 7 aromatic rings. The van der Waals surface area contributed by atoms with Crippen molar-refractivity contribution >= 4 is 35.7 Å². The highest BCUT2D eigenvalue weighted by Crippen LogP contribution is 2.42. The van der Waals surface area contributed by atoms with Gasteiger partial charge in [-0.2, -0.15) is 15.8 Å². The van der Waals surface area contributed by atoms with Gasteiger partial charge in [-0.1, -0.05) is 107 Å². The molecule has 0 saturated heterocycles. The van der Waals surface area contributed by atoms with Gasteiger partial charge in [-0.05, 0) is 192 Å². The highest BCUT2D eigenvalue weighted by Gasteiger charge is 2.24. The van der Waals surface area contributed by atoms with E-state index in [0.717, 1.165) is 18.6 Å². The van der Waals surface area contributed by atoms with E-state index >= 15 is 0 Å². The maximum Gasteiger partial charge on any atom is 0.140 e. The number of phenolic OH excluding ortho intramolecular Hbond substituents is 3. The Morgan fingerprint density at radius 2 is 0.424 bits per heavy atom. The van der Waals surface area contributed by atoms with Crippen molar-refractivity contribution in [1.29, 1.82) is 15.8 Å². The van der Waals surface area contributed by atoms with Crippen LogP contribution in [-0.2, 0) is 0 Å². The number of nitriles is 3. The minimum atomic E-state index is -1.56. The zero-order valence-corrected chi connectivity index (χ0v) is 56.3. The predicted molar refractivity (Wildman–Crippen MR) is 383 cm³/mol. The quantitative estimate of drug-likeness (QED) is 0.0555. The molecule has 15 nitrogen and oxygen atoms in total. The van der Waals surface area contributed by atoms with Gasteiger partial charge in [0.15, 0.2) is 0 Å². The van der Waals surface area contributed by atoms with Crippen LogP contribution in [0, 0.1) is 141 Å². The highest BCUT2D eigenvalue weighted by molar-refractivity contribution is 6.05. The van der Waals surface area contributed by atoms with Crippen LogP contribution in [0.5, 0.6) is 17.2 Å². The van der Waals surface area contributed by atoms with Gasteiger partial charge in [0.25, 0.3) is 0 Å². The van der Waals surface area contributed by atoms with Gasteiger partial charge in [0.2, 0.25) is 0 Å². The Hall–Kier alpha value is -12.8. The van der Waals surface area contributed by atoms with E-state index in [0.29, 0.717) is 50.1 Å². The molecule has 0 unspecified atom stereocenters. The summed E-state index contributed by atoms with van der Waals surface area (Å²) in [7, 11) is 0. The number of aliphatic hydroxyl groups is 6. The molecular weight excluding hydrogens is 1240 g/mol. The van der Waals surface area contributed by atoms with Crippen molar-refractivity contribution < 1.29 is 46.0 Å². The molecule has 7 rings (SSSR count). The summed E-state index contributed by atoms with van der Waals surface area (Å²) in [5.74, 6) is 50.6. The van der Waals surface area contributed by atoms with E-state index in [4.69, 9.17) is 15.0 Å². The van der Waals surface area contributed by atoms with E-state index < -0.39 is 67.5 Å². The summed E-state index contributed by atoms with van der Waals surface area (Å²) in [6, 6.07) is 35.4. The van der Waals surface area contributed by atoms with Crippen LogP contribution >= 0.6 is 0 Å². The lowest BCUT2D eigenvalue weighted by Gasteiger charge is -2.14. The molecule has 0 amide bonds. The van der Waals surface area contributed by atoms with E-state index in [2.05, 4.69) is 125 Å². The molecule has 15 heteroatoms. The molecule has 0 spiro atoms. The Labute approximate surface area is 577 Å². The summed E-state index contributed by atoms with van der Waals surface area (Å²) in [5, 5.41) is 132. The van der Waals surface area contributed by atoms with Crippen molar-refractivity contribution in [3.8, 4) is 142 Å². The maximum atomic E-state index is 12.6. The molecule has 0 aliphatic rings. The van der Waals surface area contributed by atoms with Crippen molar-refractivity contribution in [3.05, 3.63) is 209 Å². The number of aliphatic imine (C=N–C) groups is 3. The van der Waals surface area contributed by atoms with E-state index in [9.17, 15) is 61.7 Å². The summed E-state index contributed by atoms with van der Waals surface area (Å²) in [6.07, 6.45) is 3.18. The molecule has 0 heterocycles. The van der Waals surface area contributed by atoms with Gasteiger partial charge in [-0.3, -0.25) is 15.0 Å². The fraction of sp³-hybridized carbons (Fsp3) is 0.214. The van der Waals surface area contributed by atoms with E-state index in [1.54, 1.807) is 109 Å². The van der Waals surface area contributed by atoms with E-state index in [-0.39, 0.29) is 50.4 Å². The zero-order valence-electron chi connectivity index (χ0n) is 56.3. The third-order valence-corrected chi connectivity index (χ3v) is 12.9. The van der Waals surface area contributed by atoms with Crippen LogP contribution in [-0.4, -0.2) is 98.2 Å². The van der Waals surface area contributed by atoms with Crippen molar-refractivity contribution in [3.63, 3.8) is 0 Å². The Morgan fingerprint density at radius 1 is 0.263 bits per heavy atom. The molecule has 0 fully saturated rings. The molecule has 99 heavy (non-hydrogen) atoms. The molecule has 0 aliphatic carbocycles. The third kappa shape index (κ3) is 22.7. The second-order valence-electron chi connectivity index (χ2n) is 25.5. The summed E-state index contributed by atoms with van der Waals surface area (Å²) < 4.78 is 0. The number of hydrogen-bond acceptors (Lipinski definition) is 15. The highest BCUT2D eigenvalue weighted by atomic mass is 16.3. The summed E-state index contributed by atoms with van der Waals surface area (Å²) in [4.78, 5) is 14.4. The minimum Gasteiger partial charge on any atom is -0.506 e. The van der Waals surface area contributed by atoms with Crippen LogP contribution in [0.3, 0.4) is 0 Å². The molecule has 0 radical (unpaired) electrons. The Bertz CT molecular complexity index is 4530. The lowest BCUT2D eigenvalue weighted by Crippen LogP contribution is -2.14.